The average Bonchev–Trinajstić information content (AvgIpc) is 2.77. The van der Waals surface area contributed by atoms with Gasteiger partial charge < -0.3 is 34.8 Å². The number of rotatable bonds is 6. The Balaban J connectivity index is 1.61. The van der Waals surface area contributed by atoms with Crippen molar-refractivity contribution in [3.05, 3.63) is 65.2 Å². The van der Waals surface area contributed by atoms with Gasteiger partial charge in [0.2, 0.25) is 0 Å². The highest BCUT2D eigenvalue weighted by molar-refractivity contribution is 6.04. The second kappa shape index (κ2) is 9.99. The molecule has 5 atom stereocenters. The Bertz CT molecular complexity index is 917. The number of carbonyl (C=O) groups is 2. The molecular formula is C22H25NO8. The van der Waals surface area contributed by atoms with Gasteiger partial charge in [-0.2, -0.15) is 0 Å². The molecule has 31 heavy (non-hydrogen) atoms. The third-order valence-electron chi connectivity index (χ3n) is 5.02. The summed E-state index contributed by atoms with van der Waals surface area (Å²) >= 11 is 0. The Morgan fingerprint density at radius 2 is 1.74 bits per heavy atom. The molecule has 1 aliphatic heterocycles. The molecule has 0 spiro atoms. The molecule has 1 amide bonds. The molecule has 166 valence electrons. The number of nitrogens with one attached hydrogen (secondary N) is 1. The van der Waals surface area contributed by atoms with Crippen LogP contribution in [0.25, 0.3) is 0 Å². The largest absolute Gasteiger partial charge is 0.459 e. The van der Waals surface area contributed by atoms with Gasteiger partial charge in [0.1, 0.15) is 31.0 Å². The molecule has 1 heterocycles. The summed E-state index contributed by atoms with van der Waals surface area (Å²) < 4.78 is 15.5. The first kappa shape index (κ1) is 22.9. The predicted octanol–water partition coefficient (Wildman–Crippen LogP) is 0.858. The monoisotopic (exact) mass is 431 g/mol. The second-order valence-electron chi connectivity index (χ2n) is 7.20. The summed E-state index contributed by atoms with van der Waals surface area (Å²) in [6.07, 6.45) is -6.61. The number of hydrogen-bond donors (Lipinski definition) is 4. The number of carbonyl (C=O) groups excluding carboxylic acids is 2. The van der Waals surface area contributed by atoms with Crippen molar-refractivity contribution in [1.29, 1.82) is 0 Å². The number of ether oxygens (including phenoxy) is 3. The maximum absolute atomic E-state index is 12.5. The molecule has 1 fully saturated rings. The van der Waals surface area contributed by atoms with Gasteiger partial charge in [0.05, 0.1) is 5.56 Å². The highest BCUT2D eigenvalue weighted by atomic mass is 16.7. The van der Waals surface area contributed by atoms with E-state index in [1.807, 2.05) is 6.07 Å². The van der Waals surface area contributed by atoms with Gasteiger partial charge >= 0.3 is 5.97 Å². The van der Waals surface area contributed by atoms with Gasteiger partial charge in [0, 0.05) is 18.4 Å². The molecule has 2 aromatic rings. The van der Waals surface area contributed by atoms with Crippen molar-refractivity contribution in [3.63, 3.8) is 0 Å². The highest BCUT2D eigenvalue weighted by Gasteiger charge is 2.44. The number of amides is 1. The summed E-state index contributed by atoms with van der Waals surface area (Å²) in [7, 11) is 1.28. The first-order chi connectivity index (χ1) is 14.8. The Morgan fingerprint density at radius 1 is 1.03 bits per heavy atom. The molecule has 0 bridgehead atoms. The van der Waals surface area contributed by atoms with Crippen molar-refractivity contribution in [2.75, 3.05) is 19.0 Å². The quantitative estimate of drug-likeness (QED) is 0.495. The van der Waals surface area contributed by atoms with Crippen LogP contribution in [0.3, 0.4) is 0 Å². The molecule has 2 aromatic carbocycles. The minimum Gasteiger partial charge on any atom is -0.459 e. The van der Waals surface area contributed by atoms with Crippen LogP contribution in [0.4, 0.5) is 5.69 Å². The summed E-state index contributed by atoms with van der Waals surface area (Å²) in [5.74, 6) is -0.934. The highest BCUT2D eigenvalue weighted by Crippen LogP contribution is 2.23. The fourth-order valence-corrected chi connectivity index (χ4v) is 3.25. The lowest BCUT2D eigenvalue weighted by atomic mass is 9.99. The van der Waals surface area contributed by atoms with Crippen molar-refractivity contribution in [1.82, 2.24) is 0 Å². The van der Waals surface area contributed by atoms with Crippen molar-refractivity contribution in [2.24, 2.45) is 0 Å². The Hall–Kier alpha value is -2.82. The van der Waals surface area contributed by atoms with Gasteiger partial charge in [-0.25, -0.2) is 4.79 Å². The third kappa shape index (κ3) is 5.27. The van der Waals surface area contributed by atoms with E-state index < -0.39 is 36.7 Å². The van der Waals surface area contributed by atoms with Crippen LogP contribution in [0.2, 0.25) is 0 Å². The smallest absolute Gasteiger partial charge is 0.338 e. The fourth-order valence-electron chi connectivity index (χ4n) is 3.25. The number of benzene rings is 2. The summed E-state index contributed by atoms with van der Waals surface area (Å²) in [4.78, 5) is 24.7. The van der Waals surface area contributed by atoms with Crippen LogP contribution in [0.1, 0.15) is 26.3 Å². The molecule has 0 radical (unpaired) electrons. The number of anilines is 1. The average molecular weight is 431 g/mol. The van der Waals surface area contributed by atoms with Crippen LogP contribution in [-0.4, -0.2) is 71.6 Å². The molecule has 0 saturated carbocycles. The number of aliphatic hydroxyl groups is 3. The Kier molecular flexibility index (Phi) is 7.37. The van der Waals surface area contributed by atoms with E-state index in [0.717, 1.165) is 0 Å². The Morgan fingerprint density at radius 3 is 2.39 bits per heavy atom. The third-order valence-corrected chi connectivity index (χ3v) is 5.02. The molecule has 9 heteroatoms. The molecule has 0 aromatic heterocycles. The summed E-state index contributed by atoms with van der Waals surface area (Å²) in [6.45, 7) is 1.34. The molecule has 4 N–H and O–H groups in total. The minimum absolute atomic E-state index is 0.270. The van der Waals surface area contributed by atoms with E-state index in [1.54, 1.807) is 43.3 Å². The molecule has 0 aliphatic carbocycles. The zero-order chi connectivity index (χ0) is 22.5. The van der Waals surface area contributed by atoms with Crippen LogP contribution < -0.4 is 5.32 Å². The van der Waals surface area contributed by atoms with E-state index in [0.29, 0.717) is 16.8 Å². The number of hydrogen-bond acceptors (Lipinski definition) is 8. The topological polar surface area (TPSA) is 135 Å². The first-order valence-electron chi connectivity index (χ1n) is 9.68. The molecular weight excluding hydrogens is 406 g/mol. The summed E-state index contributed by atoms with van der Waals surface area (Å²) in [5.41, 5.74) is 1.88. The van der Waals surface area contributed by atoms with Gasteiger partial charge in [-0.3, -0.25) is 4.79 Å². The van der Waals surface area contributed by atoms with Gasteiger partial charge in [-0.15, -0.1) is 0 Å². The molecule has 3 rings (SSSR count). The van der Waals surface area contributed by atoms with Crippen LogP contribution in [-0.2, 0) is 14.2 Å². The van der Waals surface area contributed by atoms with E-state index >= 15 is 0 Å². The predicted molar refractivity (Wildman–Crippen MR) is 110 cm³/mol. The number of aryl methyl sites for hydroxylation is 1. The summed E-state index contributed by atoms with van der Waals surface area (Å²) in [5, 5.41) is 32.5. The fraction of sp³-hybridized carbons (Fsp3) is 0.364. The van der Waals surface area contributed by atoms with Crippen LogP contribution in [0, 0.1) is 6.92 Å². The second-order valence-corrected chi connectivity index (χ2v) is 7.20. The SMILES string of the molecule is CO[C@@H]1O[C@H](COC(=O)c2ccc(NC(=O)c3ccccc3)cc2C)[C@@H](O)[C@H](O)[C@H]1O. The lowest BCUT2D eigenvalue weighted by Gasteiger charge is -2.39. The van der Waals surface area contributed by atoms with Crippen LogP contribution in [0.5, 0.6) is 0 Å². The van der Waals surface area contributed by atoms with E-state index in [1.165, 1.54) is 13.2 Å². The van der Waals surface area contributed by atoms with Gasteiger partial charge in [-0.1, -0.05) is 18.2 Å². The van der Waals surface area contributed by atoms with Gasteiger partial charge in [0.25, 0.3) is 5.91 Å². The normalized spacial score (nSPS) is 25.6. The maximum atomic E-state index is 12.5. The summed E-state index contributed by atoms with van der Waals surface area (Å²) in [6, 6.07) is 13.5. The maximum Gasteiger partial charge on any atom is 0.338 e. The van der Waals surface area contributed by atoms with Gasteiger partial charge in [0.15, 0.2) is 6.29 Å². The number of aliphatic hydroxyl groups excluding tert-OH is 3. The van der Waals surface area contributed by atoms with Crippen molar-refractivity contribution in [3.8, 4) is 0 Å². The molecule has 0 unspecified atom stereocenters. The van der Waals surface area contributed by atoms with Crippen molar-refractivity contribution in [2.45, 2.75) is 37.6 Å². The molecule has 9 nitrogen and oxygen atoms in total. The van der Waals surface area contributed by atoms with Crippen LogP contribution in [0.15, 0.2) is 48.5 Å². The lowest BCUT2D eigenvalue weighted by molar-refractivity contribution is -0.294. The van der Waals surface area contributed by atoms with E-state index in [2.05, 4.69) is 5.32 Å². The minimum atomic E-state index is -1.50. The van der Waals surface area contributed by atoms with Crippen molar-refractivity contribution >= 4 is 17.6 Å². The van der Waals surface area contributed by atoms with E-state index in [-0.39, 0.29) is 18.1 Å². The van der Waals surface area contributed by atoms with E-state index in [9.17, 15) is 24.9 Å². The number of esters is 1. The first-order valence-corrected chi connectivity index (χ1v) is 9.68. The van der Waals surface area contributed by atoms with Crippen LogP contribution >= 0.6 is 0 Å². The van der Waals surface area contributed by atoms with Crippen molar-refractivity contribution < 1.29 is 39.1 Å². The number of methoxy groups -OCH3 is 1. The molecule has 1 aliphatic rings. The van der Waals surface area contributed by atoms with E-state index in [4.69, 9.17) is 14.2 Å². The lowest BCUT2D eigenvalue weighted by Crippen LogP contribution is -2.59. The zero-order valence-electron chi connectivity index (χ0n) is 17.1. The molecule has 1 saturated heterocycles. The standard InChI is InChI=1S/C22H25NO8/c1-12-10-14(23-20(27)13-6-4-3-5-7-13)8-9-15(12)21(28)30-11-16-17(24)18(25)19(26)22(29-2)31-16/h3-10,16-19,22,24-26H,11H2,1-2H3,(H,23,27)/t16-,17-,18+,19-,22-/m1/s1. The van der Waals surface area contributed by atoms with Gasteiger partial charge in [-0.05, 0) is 42.8 Å². The zero-order valence-corrected chi connectivity index (χ0v) is 17.1. The Labute approximate surface area is 179 Å².